The molecule has 1 aliphatic rings. The third-order valence-corrected chi connectivity index (χ3v) is 5.57. The highest BCUT2D eigenvalue weighted by Gasteiger charge is 2.32. The van der Waals surface area contributed by atoms with Crippen molar-refractivity contribution >= 4 is 52.2 Å². The fourth-order valence-electron chi connectivity index (χ4n) is 2.72. The third kappa shape index (κ3) is 6.57. The van der Waals surface area contributed by atoms with Crippen LogP contribution in [0.25, 0.3) is 6.08 Å². The zero-order chi connectivity index (χ0) is 21.6. The Balaban J connectivity index is 1.96. The lowest BCUT2D eigenvalue weighted by Gasteiger charge is -2.18. The van der Waals surface area contributed by atoms with Crippen LogP contribution >= 0.6 is 24.0 Å². The molecule has 1 heterocycles. The van der Waals surface area contributed by atoms with Gasteiger partial charge in [-0.3, -0.25) is 14.5 Å². The number of methoxy groups -OCH3 is 1. The van der Waals surface area contributed by atoms with E-state index in [0.717, 1.165) is 11.3 Å². The lowest BCUT2D eigenvalue weighted by Crippen LogP contribution is -2.43. The molecule has 0 radical (unpaired) electrons. The molecule has 0 saturated carbocycles. The molecule has 1 fully saturated rings. The Morgan fingerprint density at radius 1 is 1.31 bits per heavy atom. The number of amides is 2. The Labute approximate surface area is 179 Å². The summed E-state index contributed by atoms with van der Waals surface area (Å²) in [4.78, 5) is 37.9. The maximum atomic E-state index is 12.6. The molecule has 2 rings (SSSR count). The van der Waals surface area contributed by atoms with Gasteiger partial charge in [-0.15, -0.1) is 0 Å². The Morgan fingerprint density at radius 3 is 2.52 bits per heavy atom. The van der Waals surface area contributed by atoms with Crippen molar-refractivity contribution < 1.29 is 24.2 Å². The van der Waals surface area contributed by atoms with Gasteiger partial charge in [0.1, 0.15) is 16.1 Å². The molecule has 0 spiro atoms. The number of thioether (sulfide) groups is 1. The molecule has 1 aromatic carbocycles. The van der Waals surface area contributed by atoms with Gasteiger partial charge in [0.2, 0.25) is 5.91 Å². The summed E-state index contributed by atoms with van der Waals surface area (Å²) in [6, 6.07) is 6.32. The quantitative estimate of drug-likeness (QED) is 0.454. The zero-order valence-electron chi connectivity index (χ0n) is 16.5. The highest BCUT2D eigenvalue weighted by Crippen LogP contribution is 2.32. The zero-order valence-corrected chi connectivity index (χ0v) is 18.1. The summed E-state index contributed by atoms with van der Waals surface area (Å²) >= 11 is 6.45. The van der Waals surface area contributed by atoms with Crippen LogP contribution in [0.4, 0.5) is 0 Å². The summed E-state index contributed by atoms with van der Waals surface area (Å²) in [5.41, 5.74) is 0.835. The molecular formula is C20H24N2O5S2. The number of rotatable bonds is 9. The van der Waals surface area contributed by atoms with E-state index < -0.39 is 17.9 Å². The molecule has 156 valence electrons. The fraction of sp³-hybridized carbons (Fsp3) is 0.400. The molecule has 9 heteroatoms. The van der Waals surface area contributed by atoms with Crippen LogP contribution in [0.3, 0.4) is 0 Å². The number of thiocarbonyl (C=S) groups is 1. The first-order valence-electron chi connectivity index (χ1n) is 9.12. The van der Waals surface area contributed by atoms with Gasteiger partial charge in [-0.2, -0.15) is 0 Å². The lowest BCUT2D eigenvalue weighted by atomic mass is 10.0. The smallest absolute Gasteiger partial charge is 0.326 e. The Kier molecular flexibility index (Phi) is 8.21. The minimum Gasteiger partial charge on any atom is -0.497 e. The molecule has 29 heavy (non-hydrogen) atoms. The van der Waals surface area contributed by atoms with Crippen molar-refractivity contribution in [3.05, 3.63) is 34.7 Å². The van der Waals surface area contributed by atoms with E-state index in [1.165, 1.54) is 16.7 Å². The minimum atomic E-state index is -1.07. The molecule has 0 aliphatic carbocycles. The van der Waals surface area contributed by atoms with E-state index >= 15 is 0 Å². The van der Waals surface area contributed by atoms with Gasteiger partial charge in [-0.1, -0.05) is 50.0 Å². The summed E-state index contributed by atoms with van der Waals surface area (Å²) < 4.78 is 5.49. The first kappa shape index (κ1) is 22.9. The normalized spacial score (nSPS) is 16.4. The third-order valence-electron chi connectivity index (χ3n) is 4.19. The molecule has 0 unspecified atom stereocenters. The number of ether oxygens (including phenoxy) is 1. The number of nitrogens with zero attached hydrogens (tertiary/aromatic N) is 1. The molecule has 1 atom stereocenters. The molecule has 1 aromatic rings. The van der Waals surface area contributed by atoms with Crippen molar-refractivity contribution in [3.8, 4) is 5.75 Å². The van der Waals surface area contributed by atoms with Crippen molar-refractivity contribution in [2.75, 3.05) is 13.7 Å². The Hall–Kier alpha value is -2.39. The number of hydrogen-bond donors (Lipinski definition) is 2. The molecule has 7 nitrogen and oxygen atoms in total. The molecule has 2 N–H and O–H groups in total. The average molecular weight is 437 g/mol. The topological polar surface area (TPSA) is 95.9 Å². The van der Waals surface area contributed by atoms with Gasteiger partial charge in [0, 0.05) is 13.0 Å². The van der Waals surface area contributed by atoms with Crippen molar-refractivity contribution in [2.45, 2.75) is 32.7 Å². The Bertz CT molecular complexity index is 821. The van der Waals surface area contributed by atoms with Gasteiger partial charge >= 0.3 is 5.97 Å². The highest BCUT2D eigenvalue weighted by atomic mass is 32.2. The van der Waals surface area contributed by atoms with Crippen LogP contribution < -0.4 is 10.1 Å². The van der Waals surface area contributed by atoms with Crippen LogP contribution in [0.15, 0.2) is 29.2 Å². The van der Waals surface area contributed by atoms with Crippen LogP contribution in [0.1, 0.15) is 32.3 Å². The highest BCUT2D eigenvalue weighted by molar-refractivity contribution is 8.26. The SMILES string of the molecule is COc1ccc(/C=C2/SC(=S)N(CCC(=O)N[C@H](CC(C)C)C(=O)O)C2=O)cc1. The first-order chi connectivity index (χ1) is 13.7. The van der Waals surface area contributed by atoms with Crippen molar-refractivity contribution in [3.63, 3.8) is 0 Å². The maximum absolute atomic E-state index is 12.6. The van der Waals surface area contributed by atoms with E-state index in [-0.39, 0.29) is 24.8 Å². The van der Waals surface area contributed by atoms with Crippen LogP contribution in [0.5, 0.6) is 5.75 Å². The monoisotopic (exact) mass is 436 g/mol. The minimum absolute atomic E-state index is 0.0237. The van der Waals surface area contributed by atoms with E-state index in [0.29, 0.717) is 15.6 Å². The van der Waals surface area contributed by atoms with E-state index in [1.807, 2.05) is 26.0 Å². The van der Waals surface area contributed by atoms with Crippen molar-refractivity contribution in [1.82, 2.24) is 10.2 Å². The first-order valence-corrected chi connectivity index (χ1v) is 10.3. The number of hydrogen-bond acceptors (Lipinski definition) is 6. The summed E-state index contributed by atoms with van der Waals surface area (Å²) in [5, 5.41) is 11.7. The second-order valence-corrected chi connectivity index (χ2v) is 8.62. The number of aliphatic carboxylic acids is 1. The van der Waals surface area contributed by atoms with Gasteiger partial charge in [0.15, 0.2) is 0 Å². The lowest BCUT2D eigenvalue weighted by molar-refractivity contribution is -0.142. The van der Waals surface area contributed by atoms with Gasteiger partial charge in [0.25, 0.3) is 5.91 Å². The summed E-state index contributed by atoms with van der Waals surface area (Å²) in [6.45, 7) is 3.87. The fourth-order valence-corrected chi connectivity index (χ4v) is 4.03. The second-order valence-electron chi connectivity index (χ2n) is 6.94. The molecular weight excluding hydrogens is 412 g/mol. The van der Waals surface area contributed by atoms with E-state index in [2.05, 4.69) is 5.32 Å². The summed E-state index contributed by atoms with van der Waals surface area (Å²) in [7, 11) is 1.58. The number of benzene rings is 1. The van der Waals surface area contributed by atoms with Gasteiger partial charge in [-0.25, -0.2) is 4.79 Å². The standard InChI is InChI=1S/C20H24N2O5S2/c1-12(2)10-15(19(25)26)21-17(23)8-9-22-18(24)16(29-20(22)28)11-13-4-6-14(27-3)7-5-13/h4-7,11-12,15H,8-10H2,1-3H3,(H,21,23)(H,25,26)/b16-11+/t15-/m1/s1. The number of nitrogens with one attached hydrogen (secondary N) is 1. The van der Waals surface area contributed by atoms with E-state index in [4.69, 9.17) is 17.0 Å². The van der Waals surface area contributed by atoms with E-state index in [9.17, 15) is 19.5 Å². The van der Waals surface area contributed by atoms with Gasteiger partial charge < -0.3 is 15.2 Å². The van der Waals surface area contributed by atoms with Crippen molar-refractivity contribution in [1.29, 1.82) is 0 Å². The van der Waals surface area contributed by atoms with Crippen LogP contribution in [-0.4, -0.2) is 51.8 Å². The molecule has 0 bridgehead atoms. The molecule has 1 aliphatic heterocycles. The predicted octanol–water partition coefficient (Wildman–Crippen LogP) is 2.90. The molecule has 0 aromatic heterocycles. The number of carbonyl (C=O) groups is 3. The number of carbonyl (C=O) groups excluding carboxylic acids is 2. The van der Waals surface area contributed by atoms with Gasteiger partial charge in [0.05, 0.1) is 12.0 Å². The number of carboxylic acids is 1. The number of carboxylic acid groups (broad SMARTS) is 1. The van der Waals surface area contributed by atoms with Gasteiger partial charge in [-0.05, 0) is 36.1 Å². The largest absolute Gasteiger partial charge is 0.497 e. The van der Waals surface area contributed by atoms with Crippen LogP contribution in [0, 0.1) is 5.92 Å². The van der Waals surface area contributed by atoms with Crippen LogP contribution in [-0.2, 0) is 14.4 Å². The van der Waals surface area contributed by atoms with Crippen LogP contribution in [0.2, 0.25) is 0 Å². The second kappa shape index (κ2) is 10.4. The maximum Gasteiger partial charge on any atom is 0.326 e. The average Bonchev–Trinajstić information content (AvgIpc) is 2.92. The summed E-state index contributed by atoms with van der Waals surface area (Å²) in [6.07, 6.45) is 2.05. The Morgan fingerprint density at radius 2 is 1.97 bits per heavy atom. The predicted molar refractivity (Wildman–Crippen MR) is 117 cm³/mol. The molecule has 1 saturated heterocycles. The molecule has 2 amide bonds. The summed E-state index contributed by atoms with van der Waals surface area (Å²) in [5.74, 6) is -0.907. The van der Waals surface area contributed by atoms with Crippen molar-refractivity contribution in [2.24, 2.45) is 5.92 Å². The van der Waals surface area contributed by atoms with E-state index in [1.54, 1.807) is 25.3 Å².